The van der Waals surface area contributed by atoms with Gasteiger partial charge in [-0.2, -0.15) is 11.3 Å². The third-order valence-corrected chi connectivity index (χ3v) is 12.8. The number of thiophene rings is 1. The SMILES string of the molecule is Cc1ccnc(-c2[c-]ccc3c2sc2cc(-c4ccccc4)ccc23)c1.[CH3][Ge]([CH3])([CH3])[c]1ccc(-c2[c-]cccc2)nc1.[Ir]. The molecule has 0 aliphatic heterocycles. The van der Waals surface area contributed by atoms with Crippen molar-refractivity contribution >= 4 is 49.2 Å². The Kier molecular flexibility index (Phi) is 9.73. The largest absolute Gasteiger partial charge is 0 e. The van der Waals surface area contributed by atoms with E-state index in [0.29, 0.717) is 0 Å². The van der Waals surface area contributed by atoms with Gasteiger partial charge >= 0.3 is 99.8 Å². The second-order valence-electron chi connectivity index (χ2n) is 11.5. The van der Waals surface area contributed by atoms with Crippen molar-refractivity contribution in [3.05, 3.63) is 139 Å². The fourth-order valence-corrected chi connectivity index (χ4v) is 8.38. The molecule has 2 nitrogen and oxygen atoms in total. The van der Waals surface area contributed by atoms with E-state index in [0.717, 1.165) is 22.5 Å². The zero-order chi connectivity index (χ0) is 29.1. The molecule has 43 heavy (non-hydrogen) atoms. The summed E-state index contributed by atoms with van der Waals surface area (Å²) >= 11 is 0.111. The number of fused-ring (bicyclic) bond motifs is 3. The van der Waals surface area contributed by atoms with Crippen LogP contribution in [0.15, 0.2) is 122 Å². The number of rotatable bonds is 4. The van der Waals surface area contributed by atoms with E-state index in [1.807, 2.05) is 60.1 Å². The molecule has 4 aromatic carbocycles. The second-order valence-corrected chi connectivity index (χ2v) is 23.2. The molecule has 0 fully saturated rings. The molecule has 0 saturated carbocycles. The van der Waals surface area contributed by atoms with Crippen molar-refractivity contribution in [3.63, 3.8) is 0 Å². The van der Waals surface area contributed by atoms with Crippen LogP contribution in [0, 0.1) is 19.1 Å². The number of pyridine rings is 2. The Labute approximate surface area is 274 Å². The van der Waals surface area contributed by atoms with Gasteiger partial charge in [-0.25, -0.2) is 0 Å². The Bertz CT molecular complexity index is 1960. The van der Waals surface area contributed by atoms with Crippen LogP contribution in [0.5, 0.6) is 0 Å². The molecule has 3 heterocycles. The first-order valence-corrected chi connectivity index (χ1v) is 22.3. The van der Waals surface area contributed by atoms with Crippen molar-refractivity contribution in [2.45, 2.75) is 24.2 Å². The Morgan fingerprint density at radius 1 is 0.674 bits per heavy atom. The van der Waals surface area contributed by atoms with Gasteiger partial charge in [0.2, 0.25) is 0 Å². The third-order valence-electron chi connectivity index (χ3n) is 7.33. The Hall–Kier alpha value is -3.41. The van der Waals surface area contributed by atoms with Crippen molar-refractivity contribution in [1.29, 1.82) is 0 Å². The van der Waals surface area contributed by atoms with Gasteiger partial charge in [-0.3, -0.25) is 0 Å². The Balaban J connectivity index is 0.000000188. The normalized spacial score (nSPS) is 11.1. The number of benzene rings is 4. The quantitative estimate of drug-likeness (QED) is 0.131. The molecule has 0 N–H and O–H groups in total. The minimum absolute atomic E-state index is 0. The smallest absolute Gasteiger partial charge is 0 e. The van der Waals surface area contributed by atoms with Crippen LogP contribution in [0.1, 0.15) is 5.56 Å². The maximum absolute atomic E-state index is 4.57. The number of aromatic nitrogens is 2. The molecule has 5 heteroatoms. The maximum Gasteiger partial charge on any atom is 0 e. The van der Waals surface area contributed by atoms with E-state index in [4.69, 9.17) is 0 Å². The summed E-state index contributed by atoms with van der Waals surface area (Å²) in [5.74, 6) is 7.14. The minimum Gasteiger partial charge on any atom is 0 e. The minimum atomic E-state index is -1.72. The van der Waals surface area contributed by atoms with Crippen LogP contribution in [-0.2, 0) is 20.1 Å². The summed E-state index contributed by atoms with van der Waals surface area (Å²) in [5, 5.41) is 2.58. The fourth-order valence-electron chi connectivity index (χ4n) is 4.96. The zero-order valence-corrected chi connectivity index (χ0v) is 30.0. The molecule has 0 unspecified atom stereocenters. The van der Waals surface area contributed by atoms with Crippen molar-refractivity contribution in [3.8, 4) is 33.6 Å². The first-order valence-electron chi connectivity index (χ1n) is 14.2. The van der Waals surface area contributed by atoms with Crippen molar-refractivity contribution in [2.75, 3.05) is 0 Å². The van der Waals surface area contributed by atoms with E-state index < -0.39 is 13.3 Å². The number of nitrogens with zero attached hydrogens (tertiary/aromatic N) is 2. The first-order chi connectivity index (χ1) is 20.4. The van der Waals surface area contributed by atoms with Crippen molar-refractivity contribution < 1.29 is 20.1 Å². The van der Waals surface area contributed by atoms with Gasteiger partial charge in [-0.1, -0.05) is 59.5 Å². The summed E-state index contributed by atoms with van der Waals surface area (Å²) in [7, 11) is 0. The Morgan fingerprint density at radius 3 is 2.19 bits per heavy atom. The molecule has 7 rings (SSSR count). The summed E-state index contributed by atoms with van der Waals surface area (Å²) in [4.78, 5) is 9.10. The molecule has 0 bridgehead atoms. The van der Waals surface area contributed by atoms with Crippen molar-refractivity contribution in [1.82, 2.24) is 9.97 Å². The predicted molar refractivity (Wildman–Crippen MR) is 183 cm³/mol. The molecule has 0 aliphatic carbocycles. The van der Waals surface area contributed by atoms with Gasteiger partial charge in [0, 0.05) is 31.0 Å². The topological polar surface area (TPSA) is 25.8 Å². The number of hydrogen-bond donors (Lipinski definition) is 0. The van der Waals surface area contributed by atoms with Gasteiger partial charge in [0.25, 0.3) is 0 Å². The van der Waals surface area contributed by atoms with Crippen LogP contribution in [0.3, 0.4) is 0 Å². The molecule has 0 spiro atoms. The van der Waals surface area contributed by atoms with Crippen LogP contribution in [0.25, 0.3) is 53.8 Å². The van der Waals surface area contributed by atoms with E-state index in [1.54, 1.807) is 0 Å². The summed E-state index contributed by atoms with van der Waals surface area (Å²) in [6.07, 6.45) is 3.91. The number of hydrogen-bond acceptors (Lipinski definition) is 3. The molecule has 3 aromatic heterocycles. The summed E-state index contributed by atoms with van der Waals surface area (Å²) in [6.45, 7) is 2.10. The third kappa shape index (κ3) is 7.05. The standard InChI is InChI=1S/C24H16NS.C14H16GeN.Ir/c1-16-12-13-25-22(14-16)21-9-5-8-20-19-11-10-18(15-23(19)26-24(20)21)17-6-3-2-4-7-17;1-15(2,3)13-9-10-14(16-11-13)12-7-5-4-6-8-12;/h2-8,10-15H,1H3;4-7,9-11H,1-3H3;/q2*-1;. The van der Waals surface area contributed by atoms with Gasteiger partial charge in [0.15, 0.2) is 0 Å². The predicted octanol–water partition coefficient (Wildman–Crippen LogP) is 9.98. The van der Waals surface area contributed by atoms with E-state index >= 15 is 0 Å². The van der Waals surface area contributed by atoms with Gasteiger partial charge in [-0.05, 0) is 46.0 Å². The van der Waals surface area contributed by atoms with E-state index in [2.05, 4.69) is 119 Å². The summed E-state index contributed by atoms with van der Waals surface area (Å²) in [6, 6.07) is 44.5. The van der Waals surface area contributed by atoms with Crippen molar-refractivity contribution in [2.24, 2.45) is 0 Å². The second kappa shape index (κ2) is 13.5. The monoisotopic (exact) mass is 815 g/mol. The number of aryl methyl sites for hydroxylation is 1. The molecule has 0 saturated heterocycles. The van der Waals surface area contributed by atoms with Gasteiger partial charge in [-0.15, -0.1) is 23.8 Å². The average Bonchev–Trinajstić information content (AvgIpc) is 3.40. The maximum atomic E-state index is 4.57. The molecular weight excluding hydrogens is 781 g/mol. The van der Waals surface area contributed by atoms with Crippen LogP contribution < -0.4 is 4.40 Å². The molecule has 0 aliphatic rings. The molecule has 215 valence electrons. The van der Waals surface area contributed by atoms with Gasteiger partial charge < -0.3 is 4.98 Å². The zero-order valence-electron chi connectivity index (χ0n) is 24.7. The first kappa shape index (κ1) is 31.0. The van der Waals surface area contributed by atoms with Crippen LogP contribution in [0.4, 0.5) is 0 Å². The van der Waals surface area contributed by atoms with E-state index in [9.17, 15) is 0 Å². The van der Waals surface area contributed by atoms with E-state index in [-0.39, 0.29) is 20.1 Å². The van der Waals surface area contributed by atoms with Gasteiger partial charge in [0.05, 0.1) is 0 Å². The van der Waals surface area contributed by atoms with Crippen LogP contribution in [-0.4, -0.2) is 23.2 Å². The summed E-state index contributed by atoms with van der Waals surface area (Å²) < 4.78 is 4.00. The molecule has 0 amide bonds. The van der Waals surface area contributed by atoms with Gasteiger partial charge in [0.1, 0.15) is 0 Å². The summed E-state index contributed by atoms with van der Waals surface area (Å²) in [5.41, 5.74) is 7.88. The molecule has 7 aromatic rings. The molecule has 1 radical (unpaired) electrons. The van der Waals surface area contributed by atoms with Crippen LogP contribution in [0.2, 0.25) is 17.3 Å². The Morgan fingerprint density at radius 2 is 1.49 bits per heavy atom. The molecular formula is C38H32GeIrN2S-2. The molecule has 0 atom stereocenters. The average molecular weight is 814 g/mol. The van der Waals surface area contributed by atoms with Crippen LogP contribution >= 0.6 is 11.3 Å². The fraction of sp³-hybridized carbons (Fsp3) is 0.105. The van der Waals surface area contributed by atoms with E-state index in [1.165, 1.54) is 41.3 Å².